The molecule has 0 aromatic carbocycles. The van der Waals surface area contributed by atoms with E-state index in [2.05, 4.69) is 24.1 Å². The molecule has 0 fully saturated rings. The first-order valence-corrected chi connectivity index (χ1v) is 14.1. The highest BCUT2D eigenvalue weighted by atomic mass is 32.2. The van der Waals surface area contributed by atoms with Crippen molar-refractivity contribution in [3.05, 3.63) is 12.2 Å². The van der Waals surface area contributed by atoms with Gasteiger partial charge in [-0.05, 0) is 26.2 Å². The maximum absolute atomic E-state index is 12.8. The Balaban J connectivity index is 2.30. The zero-order chi connectivity index (χ0) is 24.6. The smallest absolute Gasteiger partial charge is 0.267 e. The van der Waals surface area contributed by atoms with Gasteiger partial charge in [0.15, 0.2) is 0 Å². The van der Waals surface area contributed by atoms with E-state index in [-0.39, 0.29) is 30.0 Å². The third-order valence-corrected chi connectivity index (χ3v) is 7.05. The second kappa shape index (κ2) is 16.5. The molecule has 0 aliphatic carbocycles. The Morgan fingerprint density at radius 2 is 1.64 bits per heavy atom. The van der Waals surface area contributed by atoms with Crippen molar-refractivity contribution in [2.75, 3.05) is 38.5 Å². The lowest BCUT2D eigenvalue weighted by Gasteiger charge is -2.34. The SMILES string of the molecule is C/C=C/CCCCCCCCCCCCC(=O)C1=NCC[N+]1(CCO)CC(O)CS(=O)(=O)O. The predicted octanol–water partition coefficient (Wildman–Crippen LogP) is 3.28. The van der Waals surface area contributed by atoms with Gasteiger partial charge in [0.1, 0.15) is 31.5 Å². The van der Waals surface area contributed by atoms with Gasteiger partial charge in [0.05, 0.1) is 13.2 Å². The highest BCUT2D eigenvalue weighted by molar-refractivity contribution is 7.85. The quantitative estimate of drug-likeness (QED) is 0.104. The van der Waals surface area contributed by atoms with Gasteiger partial charge in [-0.25, -0.2) is 4.99 Å². The number of Topliss-reactive ketones (excluding diaryl/α,β-unsaturated/α-hetero) is 1. The fourth-order valence-electron chi connectivity index (χ4n) is 4.57. The molecule has 0 amide bonds. The lowest BCUT2D eigenvalue weighted by Crippen LogP contribution is -2.59. The third-order valence-electron chi connectivity index (χ3n) is 6.24. The standard InChI is InChI=1S/C24H44N2O6S/c1-2-3-4-5-6-7-8-9-10-11-12-13-14-15-23(29)24-25-16-17-26(24,18-19-27)20-22(28)21-33(30,31)32/h2-3,22,27-28H,4-21H2,1H3/p+1/b3-2+. The summed E-state index contributed by atoms with van der Waals surface area (Å²) < 4.78 is 31.1. The Bertz CT molecular complexity index is 722. The molecule has 0 saturated carbocycles. The van der Waals surface area contributed by atoms with Gasteiger partial charge in [-0.2, -0.15) is 8.42 Å². The van der Waals surface area contributed by atoms with Gasteiger partial charge in [0.25, 0.3) is 16.0 Å². The number of ketones is 1. The number of aliphatic hydroxyl groups is 2. The molecule has 1 aliphatic heterocycles. The van der Waals surface area contributed by atoms with Gasteiger partial charge in [-0.1, -0.05) is 63.5 Å². The van der Waals surface area contributed by atoms with Crippen molar-refractivity contribution in [2.24, 2.45) is 4.99 Å². The predicted molar refractivity (Wildman–Crippen MR) is 132 cm³/mol. The van der Waals surface area contributed by atoms with Gasteiger partial charge < -0.3 is 10.2 Å². The normalized spacial score (nSPS) is 19.8. The van der Waals surface area contributed by atoms with Crippen LogP contribution in [0.3, 0.4) is 0 Å². The third kappa shape index (κ3) is 12.8. The van der Waals surface area contributed by atoms with Crippen molar-refractivity contribution < 1.29 is 32.5 Å². The van der Waals surface area contributed by atoms with Crippen molar-refractivity contribution in [2.45, 2.75) is 90.1 Å². The van der Waals surface area contributed by atoms with E-state index in [4.69, 9.17) is 4.55 Å². The number of aliphatic imine (C=N–C) groups is 1. The molecular weight excluding hydrogens is 444 g/mol. The first-order chi connectivity index (χ1) is 15.7. The zero-order valence-corrected chi connectivity index (χ0v) is 21.1. The molecule has 0 bridgehead atoms. The molecule has 0 spiro atoms. The number of unbranched alkanes of at least 4 members (excludes halogenated alkanes) is 10. The van der Waals surface area contributed by atoms with Crippen molar-refractivity contribution in [3.8, 4) is 0 Å². The molecule has 0 aromatic rings. The second-order valence-electron chi connectivity index (χ2n) is 9.17. The second-order valence-corrected chi connectivity index (χ2v) is 10.7. The van der Waals surface area contributed by atoms with Crippen LogP contribution in [0.15, 0.2) is 17.1 Å². The van der Waals surface area contributed by atoms with Crippen molar-refractivity contribution >= 4 is 21.7 Å². The molecule has 3 N–H and O–H groups in total. The summed E-state index contributed by atoms with van der Waals surface area (Å²) in [6, 6.07) is 0. The first-order valence-electron chi connectivity index (χ1n) is 12.5. The van der Waals surface area contributed by atoms with Crippen LogP contribution in [0.1, 0.15) is 84.0 Å². The van der Waals surface area contributed by atoms with E-state index in [1.54, 1.807) is 0 Å². The molecule has 2 atom stereocenters. The summed E-state index contributed by atoms with van der Waals surface area (Å²) in [5, 5.41) is 19.6. The number of carbonyl (C=O) groups is 1. The molecule has 1 heterocycles. The molecule has 1 aliphatic rings. The van der Waals surface area contributed by atoms with E-state index in [0.717, 1.165) is 19.3 Å². The lowest BCUT2D eigenvalue weighted by atomic mass is 10.0. The van der Waals surface area contributed by atoms with E-state index in [1.807, 2.05) is 0 Å². The van der Waals surface area contributed by atoms with Crippen LogP contribution in [0, 0.1) is 0 Å². The summed E-state index contributed by atoms with van der Waals surface area (Å²) in [6.07, 6.45) is 16.3. The van der Waals surface area contributed by atoms with Crippen molar-refractivity contribution in [1.29, 1.82) is 0 Å². The van der Waals surface area contributed by atoms with Gasteiger partial charge >= 0.3 is 0 Å². The molecule has 1 rings (SSSR count). The number of quaternary nitrogens is 1. The van der Waals surface area contributed by atoms with Crippen LogP contribution >= 0.6 is 0 Å². The average Bonchev–Trinajstić information content (AvgIpc) is 3.13. The number of allylic oxidation sites excluding steroid dienone is 2. The van der Waals surface area contributed by atoms with Crippen LogP contribution in [0.2, 0.25) is 0 Å². The first kappa shape index (κ1) is 29.9. The monoisotopic (exact) mass is 489 g/mol. The minimum absolute atomic E-state index is 0.0270. The lowest BCUT2D eigenvalue weighted by molar-refractivity contribution is -0.837. The van der Waals surface area contributed by atoms with Gasteiger partial charge in [-0.15, -0.1) is 0 Å². The molecule has 0 radical (unpaired) electrons. The number of hydrogen-bond acceptors (Lipinski definition) is 6. The van der Waals surface area contributed by atoms with Gasteiger partial charge in [0, 0.05) is 6.42 Å². The van der Waals surface area contributed by atoms with Gasteiger partial charge in [0.2, 0.25) is 5.78 Å². The Labute approximate surface area is 200 Å². The van der Waals surface area contributed by atoms with Gasteiger partial charge in [-0.3, -0.25) is 13.8 Å². The maximum Gasteiger partial charge on any atom is 0.267 e. The molecule has 192 valence electrons. The molecule has 0 aromatic heterocycles. The van der Waals surface area contributed by atoms with Crippen LogP contribution in [0.4, 0.5) is 0 Å². The molecule has 8 nitrogen and oxygen atoms in total. The highest BCUT2D eigenvalue weighted by Gasteiger charge is 2.43. The van der Waals surface area contributed by atoms with Crippen LogP contribution in [-0.4, -0.2) is 83.9 Å². The number of hydrogen-bond donors (Lipinski definition) is 3. The number of aliphatic hydroxyl groups excluding tert-OH is 2. The van der Waals surface area contributed by atoms with Crippen LogP contribution in [-0.2, 0) is 14.9 Å². The molecule has 9 heteroatoms. The summed E-state index contributed by atoms with van der Waals surface area (Å²) in [7, 11) is -4.33. The van der Waals surface area contributed by atoms with E-state index >= 15 is 0 Å². The number of amidine groups is 1. The summed E-state index contributed by atoms with van der Waals surface area (Å²) in [6.45, 7) is 2.79. The summed E-state index contributed by atoms with van der Waals surface area (Å²) >= 11 is 0. The molecule has 33 heavy (non-hydrogen) atoms. The summed E-state index contributed by atoms with van der Waals surface area (Å²) in [5.41, 5.74) is 0. The van der Waals surface area contributed by atoms with Crippen molar-refractivity contribution in [1.82, 2.24) is 0 Å². The molecular formula is C24H45N2O6S+. The Morgan fingerprint density at radius 3 is 2.18 bits per heavy atom. The van der Waals surface area contributed by atoms with Crippen LogP contribution in [0.5, 0.6) is 0 Å². The van der Waals surface area contributed by atoms with E-state index in [1.165, 1.54) is 51.4 Å². The van der Waals surface area contributed by atoms with E-state index in [9.17, 15) is 23.4 Å². The minimum Gasteiger partial charge on any atom is -0.390 e. The largest absolute Gasteiger partial charge is 0.390 e. The molecule has 2 unspecified atom stereocenters. The minimum atomic E-state index is -4.33. The molecule has 0 saturated heterocycles. The van der Waals surface area contributed by atoms with Crippen molar-refractivity contribution in [3.63, 3.8) is 0 Å². The average molecular weight is 490 g/mol. The van der Waals surface area contributed by atoms with Crippen LogP contribution in [0.25, 0.3) is 0 Å². The Kier molecular flexibility index (Phi) is 14.9. The zero-order valence-electron chi connectivity index (χ0n) is 20.3. The van der Waals surface area contributed by atoms with E-state index in [0.29, 0.717) is 25.3 Å². The summed E-state index contributed by atoms with van der Waals surface area (Å²) in [4.78, 5) is 17.2. The maximum atomic E-state index is 12.8. The summed E-state index contributed by atoms with van der Waals surface area (Å²) in [5.74, 6) is -0.582. The topological polar surface area (TPSA) is 124 Å². The highest BCUT2D eigenvalue weighted by Crippen LogP contribution is 2.20. The number of carbonyl (C=O) groups excluding carboxylic acids is 1. The number of nitrogens with zero attached hydrogens (tertiary/aromatic N) is 2. The fourth-order valence-corrected chi connectivity index (χ4v) is 5.17. The van der Waals surface area contributed by atoms with Crippen LogP contribution < -0.4 is 0 Å². The van der Waals surface area contributed by atoms with E-state index < -0.39 is 22.0 Å². The Morgan fingerprint density at radius 1 is 1.06 bits per heavy atom. The Hall–Kier alpha value is -1.13. The fraction of sp³-hybridized carbons (Fsp3) is 0.833. The number of rotatable bonds is 20.